The number of pyridine rings is 1. The Kier molecular flexibility index (Phi) is 6.33. The summed E-state index contributed by atoms with van der Waals surface area (Å²) >= 11 is 1.12. The van der Waals surface area contributed by atoms with Crippen LogP contribution in [0.1, 0.15) is 6.92 Å². The molecule has 3 aromatic rings. The van der Waals surface area contributed by atoms with E-state index >= 15 is 0 Å². The maximum atomic E-state index is 13.3. The number of hydrogen-bond acceptors (Lipinski definition) is 6. The number of nitrogens with one attached hydrogen (secondary N) is 2. The monoisotopic (exact) mass is 400 g/mol. The topological polar surface area (TPSA) is 102 Å². The van der Waals surface area contributed by atoms with Gasteiger partial charge in [-0.15, -0.1) is 10.2 Å². The van der Waals surface area contributed by atoms with Crippen molar-refractivity contribution in [3.63, 3.8) is 0 Å². The van der Waals surface area contributed by atoms with Crippen LogP contribution >= 0.6 is 11.8 Å². The molecule has 1 aromatic carbocycles. The second-order valence-corrected chi connectivity index (χ2v) is 6.49. The van der Waals surface area contributed by atoms with Crippen molar-refractivity contribution < 1.29 is 14.0 Å². The van der Waals surface area contributed by atoms with Crippen molar-refractivity contribution in [3.8, 4) is 17.1 Å². The third kappa shape index (κ3) is 4.71. The predicted molar refractivity (Wildman–Crippen MR) is 102 cm³/mol. The first-order valence-electron chi connectivity index (χ1n) is 8.40. The van der Waals surface area contributed by atoms with E-state index in [0.29, 0.717) is 23.2 Å². The predicted octanol–water partition coefficient (Wildman–Crippen LogP) is 2.41. The van der Waals surface area contributed by atoms with Crippen LogP contribution in [0.5, 0.6) is 0 Å². The lowest BCUT2D eigenvalue weighted by Gasteiger charge is -2.10. The van der Waals surface area contributed by atoms with Gasteiger partial charge in [0.1, 0.15) is 5.82 Å². The number of rotatable bonds is 6. The average Bonchev–Trinajstić information content (AvgIpc) is 3.12. The highest BCUT2D eigenvalue weighted by Crippen LogP contribution is 2.27. The number of halogens is 1. The largest absolute Gasteiger partial charge is 0.338 e. The smallest absolute Gasteiger partial charge is 0.321 e. The van der Waals surface area contributed by atoms with Crippen LogP contribution in [-0.4, -0.2) is 44.0 Å². The van der Waals surface area contributed by atoms with Crippen LogP contribution in [0, 0.1) is 5.82 Å². The number of benzene rings is 1. The molecule has 3 amide bonds. The number of carbonyl (C=O) groups excluding carboxylic acids is 2. The molecule has 0 unspecified atom stereocenters. The Balaban J connectivity index is 1.87. The maximum Gasteiger partial charge on any atom is 0.321 e. The summed E-state index contributed by atoms with van der Waals surface area (Å²) in [7, 11) is 0. The zero-order chi connectivity index (χ0) is 19.9. The Hall–Kier alpha value is -3.27. The molecule has 8 nitrogen and oxygen atoms in total. The molecule has 0 aliphatic carbocycles. The fourth-order valence-electron chi connectivity index (χ4n) is 2.37. The number of urea groups is 1. The van der Waals surface area contributed by atoms with Gasteiger partial charge in [0.25, 0.3) is 0 Å². The van der Waals surface area contributed by atoms with Crippen LogP contribution in [0.3, 0.4) is 0 Å². The minimum Gasteiger partial charge on any atom is -0.338 e. The normalized spacial score (nSPS) is 10.5. The number of hydrogen-bond donors (Lipinski definition) is 2. The molecule has 0 aliphatic heterocycles. The van der Waals surface area contributed by atoms with Gasteiger partial charge in [0, 0.05) is 30.2 Å². The van der Waals surface area contributed by atoms with Crippen LogP contribution in [0.25, 0.3) is 17.1 Å². The number of amides is 3. The molecule has 0 fully saturated rings. The van der Waals surface area contributed by atoms with E-state index < -0.39 is 11.9 Å². The summed E-state index contributed by atoms with van der Waals surface area (Å²) in [6, 6.07) is 8.87. The summed E-state index contributed by atoms with van der Waals surface area (Å²) in [4.78, 5) is 27.4. The molecule has 0 bridgehead atoms. The number of thioether (sulfide) groups is 1. The molecule has 3 rings (SSSR count). The first kappa shape index (κ1) is 19.5. The Bertz CT molecular complexity index is 962. The number of nitrogens with zero attached hydrogens (tertiary/aromatic N) is 4. The molecule has 2 heterocycles. The molecule has 0 atom stereocenters. The van der Waals surface area contributed by atoms with Gasteiger partial charge in [-0.3, -0.25) is 19.7 Å². The molecule has 2 aromatic heterocycles. The number of imide groups is 1. The summed E-state index contributed by atoms with van der Waals surface area (Å²) in [5.74, 6) is -0.333. The van der Waals surface area contributed by atoms with Crippen LogP contribution in [-0.2, 0) is 4.79 Å². The van der Waals surface area contributed by atoms with Gasteiger partial charge in [-0.25, -0.2) is 9.18 Å². The van der Waals surface area contributed by atoms with Gasteiger partial charge in [-0.1, -0.05) is 11.8 Å². The molecule has 0 saturated carbocycles. The molecular formula is C18H17FN6O2S. The Morgan fingerprint density at radius 1 is 1.11 bits per heavy atom. The summed E-state index contributed by atoms with van der Waals surface area (Å²) in [6.07, 6.45) is 3.26. The second kappa shape index (κ2) is 9.09. The summed E-state index contributed by atoms with van der Waals surface area (Å²) in [5.41, 5.74) is 1.41. The van der Waals surface area contributed by atoms with Gasteiger partial charge in [0.2, 0.25) is 5.91 Å². The van der Waals surface area contributed by atoms with E-state index in [1.165, 1.54) is 12.1 Å². The molecule has 0 spiro atoms. The van der Waals surface area contributed by atoms with Crippen molar-refractivity contribution in [2.75, 3.05) is 12.3 Å². The van der Waals surface area contributed by atoms with Gasteiger partial charge >= 0.3 is 6.03 Å². The van der Waals surface area contributed by atoms with Gasteiger partial charge < -0.3 is 5.32 Å². The van der Waals surface area contributed by atoms with Crippen molar-refractivity contribution in [2.24, 2.45) is 0 Å². The Labute approximate surface area is 164 Å². The summed E-state index contributed by atoms with van der Waals surface area (Å²) < 4.78 is 15.1. The van der Waals surface area contributed by atoms with Gasteiger partial charge in [-0.2, -0.15) is 0 Å². The fraction of sp³-hybridized carbons (Fsp3) is 0.167. The van der Waals surface area contributed by atoms with E-state index in [1.54, 1.807) is 48.1 Å². The third-order valence-corrected chi connectivity index (χ3v) is 4.51. The van der Waals surface area contributed by atoms with E-state index in [2.05, 4.69) is 25.8 Å². The van der Waals surface area contributed by atoms with Crippen LogP contribution in [0.2, 0.25) is 0 Å². The lowest BCUT2D eigenvalue weighted by molar-refractivity contribution is -0.117. The Morgan fingerprint density at radius 3 is 2.50 bits per heavy atom. The molecular weight excluding hydrogens is 383 g/mol. The minimum atomic E-state index is -0.550. The highest BCUT2D eigenvalue weighted by Gasteiger charge is 2.18. The highest BCUT2D eigenvalue weighted by atomic mass is 32.2. The third-order valence-electron chi connectivity index (χ3n) is 3.58. The van der Waals surface area contributed by atoms with Gasteiger partial charge in [0.15, 0.2) is 11.0 Å². The molecule has 0 aliphatic rings. The van der Waals surface area contributed by atoms with Gasteiger partial charge in [-0.05, 0) is 43.3 Å². The molecule has 0 radical (unpaired) electrons. The summed E-state index contributed by atoms with van der Waals surface area (Å²) in [5, 5.41) is 13.5. The van der Waals surface area contributed by atoms with Gasteiger partial charge in [0.05, 0.1) is 5.75 Å². The van der Waals surface area contributed by atoms with Crippen LogP contribution < -0.4 is 10.6 Å². The van der Waals surface area contributed by atoms with E-state index in [0.717, 1.165) is 17.3 Å². The number of carbonyl (C=O) groups is 2. The first-order chi connectivity index (χ1) is 13.6. The Morgan fingerprint density at radius 2 is 1.82 bits per heavy atom. The van der Waals surface area contributed by atoms with E-state index in [9.17, 15) is 14.0 Å². The van der Waals surface area contributed by atoms with Crippen molar-refractivity contribution >= 4 is 23.7 Å². The fourth-order valence-corrected chi connectivity index (χ4v) is 3.12. The first-order valence-corrected chi connectivity index (χ1v) is 9.39. The molecule has 144 valence electrons. The molecule has 2 N–H and O–H groups in total. The minimum absolute atomic E-state index is 0.0349. The van der Waals surface area contributed by atoms with Crippen LogP contribution in [0.4, 0.5) is 9.18 Å². The van der Waals surface area contributed by atoms with E-state index in [1.807, 2.05) is 0 Å². The molecule has 28 heavy (non-hydrogen) atoms. The molecule has 0 saturated heterocycles. The zero-order valence-corrected chi connectivity index (χ0v) is 15.7. The van der Waals surface area contributed by atoms with Crippen molar-refractivity contribution in [1.82, 2.24) is 30.4 Å². The summed E-state index contributed by atoms with van der Waals surface area (Å²) in [6.45, 7) is 2.17. The van der Waals surface area contributed by atoms with Crippen molar-refractivity contribution in [1.29, 1.82) is 0 Å². The van der Waals surface area contributed by atoms with Crippen LogP contribution in [0.15, 0.2) is 53.9 Å². The van der Waals surface area contributed by atoms with Crippen molar-refractivity contribution in [2.45, 2.75) is 12.1 Å². The standard InChI is InChI=1S/C18H17FN6O2S/c1-2-21-17(27)22-15(26)11-28-18-24-23-16(12-7-9-20-10-8-12)25(18)14-5-3-13(19)4-6-14/h3-10H,2,11H2,1H3,(H2,21,22,26,27). The SMILES string of the molecule is CCNC(=O)NC(=O)CSc1nnc(-c2ccncc2)n1-c1ccc(F)cc1. The molecule has 10 heteroatoms. The second-order valence-electron chi connectivity index (χ2n) is 5.55. The lowest BCUT2D eigenvalue weighted by atomic mass is 10.2. The number of aromatic nitrogens is 4. The van der Waals surface area contributed by atoms with E-state index in [-0.39, 0.29) is 11.6 Å². The lowest BCUT2D eigenvalue weighted by Crippen LogP contribution is -2.40. The highest BCUT2D eigenvalue weighted by molar-refractivity contribution is 7.99. The van der Waals surface area contributed by atoms with E-state index in [4.69, 9.17) is 0 Å². The van der Waals surface area contributed by atoms with Crippen molar-refractivity contribution in [3.05, 3.63) is 54.6 Å². The average molecular weight is 400 g/mol. The maximum absolute atomic E-state index is 13.3. The quantitative estimate of drug-likeness (QED) is 0.616. The zero-order valence-electron chi connectivity index (χ0n) is 14.9.